The van der Waals surface area contributed by atoms with Crippen LogP contribution in [0.1, 0.15) is 24.8 Å². The number of aryl methyl sites for hydroxylation is 1. The zero-order valence-electron chi connectivity index (χ0n) is 12.0. The van der Waals surface area contributed by atoms with Crippen LogP contribution in [-0.4, -0.2) is 35.7 Å². The molecule has 6 heteroatoms. The van der Waals surface area contributed by atoms with Gasteiger partial charge in [-0.05, 0) is 24.5 Å². The largest absolute Gasteiger partial charge is 0.399 e. The van der Waals surface area contributed by atoms with Crippen LogP contribution >= 0.6 is 0 Å². The third kappa shape index (κ3) is 3.59. The molecule has 0 spiro atoms. The molecule has 1 aromatic carbocycles. The summed E-state index contributed by atoms with van der Waals surface area (Å²) >= 11 is 0. The number of amides is 3. The van der Waals surface area contributed by atoms with Crippen molar-refractivity contribution in [1.29, 1.82) is 0 Å². The second kappa shape index (κ2) is 6.39. The topological polar surface area (TPSA) is 92.5 Å². The van der Waals surface area contributed by atoms with Crippen LogP contribution < -0.4 is 11.1 Å². The van der Waals surface area contributed by atoms with Gasteiger partial charge in [-0.3, -0.25) is 19.3 Å². The van der Waals surface area contributed by atoms with Crippen LogP contribution in [-0.2, 0) is 20.8 Å². The van der Waals surface area contributed by atoms with Crippen LogP contribution in [0.3, 0.4) is 0 Å². The maximum absolute atomic E-state index is 11.9. The number of rotatable bonds is 4. The van der Waals surface area contributed by atoms with Gasteiger partial charge >= 0.3 is 0 Å². The number of piperidine rings is 1. The summed E-state index contributed by atoms with van der Waals surface area (Å²) in [6.07, 6.45) is 1.42. The van der Waals surface area contributed by atoms with Crippen LogP contribution in [0, 0.1) is 0 Å². The van der Waals surface area contributed by atoms with Gasteiger partial charge < -0.3 is 11.1 Å². The molecule has 1 atom stereocenters. The Kier molecular flexibility index (Phi) is 4.57. The second-order valence-electron chi connectivity index (χ2n) is 5.15. The third-order valence-corrected chi connectivity index (χ3v) is 3.66. The summed E-state index contributed by atoms with van der Waals surface area (Å²) in [6, 6.07) is 6.77. The molecular weight excluding hydrogens is 270 g/mol. The van der Waals surface area contributed by atoms with Crippen molar-refractivity contribution in [3.8, 4) is 0 Å². The minimum absolute atomic E-state index is 0.206. The van der Waals surface area contributed by atoms with Gasteiger partial charge in [0.15, 0.2) is 0 Å². The molecule has 1 fully saturated rings. The van der Waals surface area contributed by atoms with E-state index in [4.69, 9.17) is 5.73 Å². The molecule has 1 unspecified atom stereocenters. The number of nitrogens with zero attached hydrogens (tertiary/aromatic N) is 1. The summed E-state index contributed by atoms with van der Waals surface area (Å²) < 4.78 is 0. The molecule has 2 rings (SSSR count). The summed E-state index contributed by atoms with van der Waals surface area (Å²) in [7, 11) is 1.44. The van der Waals surface area contributed by atoms with Crippen molar-refractivity contribution in [2.45, 2.75) is 31.7 Å². The zero-order valence-corrected chi connectivity index (χ0v) is 12.0. The second-order valence-corrected chi connectivity index (χ2v) is 5.15. The molecular formula is C15H19N3O3. The van der Waals surface area contributed by atoms with Gasteiger partial charge in [0.1, 0.15) is 6.04 Å². The Balaban J connectivity index is 1.86. The number of carbonyl (C=O) groups excluding carboxylic acids is 3. The van der Waals surface area contributed by atoms with E-state index >= 15 is 0 Å². The molecule has 3 N–H and O–H groups in total. The van der Waals surface area contributed by atoms with E-state index < -0.39 is 6.04 Å². The van der Waals surface area contributed by atoms with Crippen LogP contribution in [0.25, 0.3) is 0 Å². The number of hydrogen-bond donors (Lipinski definition) is 2. The molecule has 0 saturated carbocycles. The summed E-state index contributed by atoms with van der Waals surface area (Å²) in [4.78, 5) is 36.2. The number of likely N-dealkylation sites (N-methyl/N-ethyl adjacent to an activating group) is 1. The minimum atomic E-state index is -0.603. The quantitative estimate of drug-likeness (QED) is 0.622. The van der Waals surface area contributed by atoms with Crippen molar-refractivity contribution in [1.82, 2.24) is 10.2 Å². The highest BCUT2D eigenvalue weighted by molar-refractivity contribution is 6.01. The zero-order chi connectivity index (χ0) is 15.4. The maximum atomic E-state index is 11.9. The lowest BCUT2D eigenvalue weighted by Gasteiger charge is -2.28. The Morgan fingerprint density at radius 2 is 2.10 bits per heavy atom. The lowest BCUT2D eigenvalue weighted by Crippen LogP contribution is -2.52. The van der Waals surface area contributed by atoms with E-state index in [1.165, 1.54) is 7.05 Å². The summed E-state index contributed by atoms with van der Waals surface area (Å²) in [5.74, 6) is -0.763. The van der Waals surface area contributed by atoms with Gasteiger partial charge in [0.05, 0.1) is 0 Å². The Labute approximate surface area is 123 Å². The van der Waals surface area contributed by atoms with Gasteiger partial charge in [0, 0.05) is 25.6 Å². The van der Waals surface area contributed by atoms with Gasteiger partial charge in [-0.1, -0.05) is 18.2 Å². The first-order chi connectivity index (χ1) is 9.99. The lowest BCUT2D eigenvalue weighted by atomic mass is 10.0. The number of carbonyl (C=O) groups is 3. The smallest absolute Gasteiger partial charge is 0.251 e. The number of nitrogens with two attached hydrogens (primary N) is 1. The molecule has 6 nitrogen and oxygen atoms in total. The molecule has 3 amide bonds. The Hall–Kier alpha value is -2.37. The number of anilines is 1. The first kappa shape index (κ1) is 15.0. The van der Waals surface area contributed by atoms with Gasteiger partial charge in [-0.15, -0.1) is 0 Å². The van der Waals surface area contributed by atoms with Gasteiger partial charge in [0.25, 0.3) is 5.91 Å². The number of likely N-dealkylation sites (tertiary alicyclic amines) is 1. The van der Waals surface area contributed by atoms with Gasteiger partial charge in [-0.25, -0.2) is 0 Å². The Morgan fingerprint density at radius 3 is 2.81 bits per heavy atom. The fraction of sp³-hybridized carbons (Fsp3) is 0.400. The number of para-hydroxylation sites is 1. The maximum Gasteiger partial charge on any atom is 0.251 e. The Bertz CT molecular complexity index is 571. The number of nitrogen functional groups attached to an aromatic ring is 1. The molecule has 1 aromatic rings. The van der Waals surface area contributed by atoms with E-state index in [1.807, 2.05) is 18.2 Å². The van der Waals surface area contributed by atoms with Crippen molar-refractivity contribution >= 4 is 23.4 Å². The Morgan fingerprint density at radius 1 is 1.38 bits per heavy atom. The molecule has 0 bridgehead atoms. The van der Waals surface area contributed by atoms with E-state index in [1.54, 1.807) is 6.07 Å². The fourth-order valence-electron chi connectivity index (χ4n) is 2.33. The van der Waals surface area contributed by atoms with E-state index in [-0.39, 0.29) is 30.6 Å². The number of benzene rings is 1. The van der Waals surface area contributed by atoms with Crippen LogP contribution in [0.15, 0.2) is 24.3 Å². The van der Waals surface area contributed by atoms with E-state index in [2.05, 4.69) is 5.32 Å². The average Bonchev–Trinajstić information content (AvgIpc) is 2.47. The molecule has 1 aliphatic heterocycles. The van der Waals surface area contributed by atoms with Crippen molar-refractivity contribution < 1.29 is 14.4 Å². The van der Waals surface area contributed by atoms with E-state index in [9.17, 15) is 14.4 Å². The van der Waals surface area contributed by atoms with Crippen LogP contribution in [0.4, 0.5) is 5.69 Å². The molecule has 0 radical (unpaired) electrons. The molecule has 112 valence electrons. The predicted molar refractivity (Wildman–Crippen MR) is 78.1 cm³/mol. The molecule has 0 aliphatic carbocycles. The molecule has 0 aromatic heterocycles. The monoisotopic (exact) mass is 289 g/mol. The molecule has 1 saturated heterocycles. The predicted octanol–water partition coefficient (Wildman–Crippen LogP) is 0.465. The summed E-state index contributed by atoms with van der Waals surface area (Å²) in [5.41, 5.74) is 7.39. The number of hydrogen-bond acceptors (Lipinski definition) is 4. The first-order valence-corrected chi connectivity index (χ1v) is 6.92. The number of imide groups is 1. The minimum Gasteiger partial charge on any atom is -0.399 e. The highest BCUT2D eigenvalue weighted by Crippen LogP contribution is 2.14. The summed E-state index contributed by atoms with van der Waals surface area (Å²) in [5, 5.41) is 2.69. The van der Waals surface area contributed by atoms with Crippen molar-refractivity contribution in [3.05, 3.63) is 29.8 Å². The van der Waals surface area contributed by atoms with Crippen molar-refractivity contribution in [2.24, 2.45) is 0 Å². The third-order valence-electron chi connectivity index (χ3n) is 3.66. The van der Waals surface area contributed by atoms with Crippen LogP contribution in [0.5, 0.6) is 0 Å². The van der Waals surface area contributed by atoms with Crippen molar-refractivity contribution in [2.75, 3.05) is 12.8 Å². The highest BCUT2D eigenvalue weighted by atomic mass is 16.2. The van der Waals surface area contributed by atoms with E-state index in [0.717, 1.165) is 10.5 Å². The van der Waals surface area contributed by atoms with Gasteiger partial charge in [0.2, 0.25) is 11.8 Å². The molecule has 21 heavy (non-hydrogen) atoms. The highest BCUT2D eigenvalue weighted by Gasteiger charge is 2.32. The lowest BCUT2D eigenvalue weighted by molar-refractivity contribution is -0.149. The van der Waals surface area contributed by atoms with E-state index in [0.29, 0.717) is 18.5 Å². The summed E-state index contributed by atoms with van der Waals surface area (Å²) in [6.45, 7) is 0. The average molecular weight is 289 g/mol. The van der Waals surface area contributed by atoms with Gasteiger partial charge in [-0.2, -0.15) is 0 Å². The molecule has 1 aliphatic rings. The standard InChI is InChI=1S/C15H19N3O3/c1-18-14(20)9-7-12(15(18)21)17-13(19)8-6-10-4-2-3-5-11(10)16/h2-5,12H,6-9,16H2,1H3,(H,17,19). The normalized spacial score (nSPS) is 18.7. The molecule has 1 heterocycles. The van der Waals surface area contributed by atoms with Crippen LogP contribution in [0.2, 0.25) is 0 Å². The van der Waals surface area contributed by atoms with Crippen molar-refractivity contribution in [3.63, 3.8) is 0 Å². The SMILES string of the molecule is CN1C(=O)CCC(NC(=O)CCc2ccccc2N)C1=O. The number of nitrogens with one attached hydrogen (secondary N) is 1. The fourth-order valence-corrected chi connectivity index (χ4v) is 2.33. The first-order valence-electron chi connectivity index (χ1n) is 6.92.